The van der Waals surface area contributed by atoms with Crippen LogP contribution >= 0.6 is 11.8 Å². The zero-order chi connectivity index (χ0) is 9.07. The zero-order valence-corrected chi connectivity index (χ0v) is 8.83. The summed E-state index contributed by atoms with van der Waals surface area (Å²) in [6.07, 6.45) is 9.35. The van der Waals surface area contributed by atoms with Crippen LogP contribution in [0.1, 0.15) is 51.9 Å². The zero-order valence-electron chi connectivity index (χ0n) is 8.01. The highest BCUT2D eigenvalue weighted by molar-refractivity contribution is 8.03. The van der Waals surface area contributed by atoms with Crippen molar-refractivity contribution >= 4 is 11.8 Å². The predicted octanol–water partition coefficient (Wildman–Crippen LogP) is 3.95. The van der Waals surface area contributed by atoms with Gasteiger partial charge < -0.3 is 0 Å². The fraction of sp³-hybridized carbons (Fsp3) is 0.900. The molecule has 0 radical (unpaired) electrons. The summed E-state index contributed by atoms with van der Waals surface area (Å²) in [6.45, 7) is 2.24. The maximum Gasteiger partial charge on any atom is 0.133 e. The molecule has 0 aromatic rings. The summed E-state index contributed by atoms with van der Waals surface area (Å²) in [4.78, 5) is 0. The second-order valence-corrected chi connectivity index (χ2v) is 3.94. The number of unbranched alkanes of at least 4 members (excludes halogenated alkanes) is 6. The maximum absolute atomic E-state index is 8.25. The molecule has 0 atom stereocenters. The molecule has 0 fully saturated rings. The van der Waals surface area contributed by atoms with Crippen molar-refractivity contribution in [3.63, 3.8) is 0 Å². The van der Waals surface area contributed by atoms with E-state index in [2.05, 4.69) is 12.3 Å². The molecule has 0 N–H and O–H groups in total. The molecular formula is C10H19NS. The van der Waals surface area contributed by atoms with Crippen LogP contribution in [0.4, 0.5) is 0 Å². The molecule has 0 amide bonds. The Bertz CT molecular complexity index is 117. The number of nitriles is 1. The van der Waals surface area contributed by atoms with Gasteiger partial charge in [0, 0.05) is 5.75 Å². The lowest BCUT2D eigenvalue weighted by Crippen LogP contribution is -1.81. The summed E-state index contributed by atoms with van der Waals surface area (Å²) in [7, 11) is 0. The van der Waals surface area contributed by atoms with Crippen molar-refractivity contribution < 1.29 is 0 Å². The van der Waals surface area contributed by atoms with E-state index in [1.165, 1.54) is 56.7 Å². The van der Waals surface area contributed by atoms with Gasteiger partial charge in [-0.05, 0) is 18.2 Å². The molecule has 0 aliphatic rings. The molecule has 0 aromatic carbocycles. The fourth-order valence-electron chi connectivity index (χ4n) is 1.18. The molecule has 0 aliphatic carbocycles. The minimum absolute atomic E-state index is 1.02. The third-order valence-electron chi connectivity index (χ3n) is 1.91. The van der Waals surface area contributed by atoms with E-state index in [0.717, 1.165) is 5.75 Å². The third-order valence-corrected chi connectivity index (χ3v) is 2.54. The molecule has 0 spiro atoms. The van der Waals surface area contributed by atoms with Crippen LogP contribution in [0.5, 0.6) is 0 Å². The summed E-state index contributed by atoms with van der Waals surface area (Å²) < 4.78 is 0. The minimum atomic E-state index is 1.02. The van der Waals surface area contributed by atoms with Crippen LogP contribution in [0.2, 0.25) is 0 Å². The molecule has 0 bridgehead atoms. The summed E-state index contributed by atoms with van der Waals surface area (Å²) >= 11 is 1.38. The second-order valence-electron chi connectivity index (χ2n) is 3.06. The van der Waals surface area contributed by atoms with Crippen molar-refractivity contribution in [3.05, 3.63) is 0 Å². The van der Waals surface area contributed by atoms with Gasteiger partial charge in [0.15, 0.2) is 0 Å². The van der Waals surface area contributed by atoms with Crippen LogP contribution < -0.4 is 0 Å². The molecule has 0 unspecified atom stereocenters. The van der Waals surface area contributed by atoms with Crippen LogP contribution in [0.25, 0.3) is 0 Å². The van der Waals surface area contributed by atoms with Gasteiger partial charge in [0.1, 0.15) is 5.40 Å². The highest BCUT2D eigenvalue weighted by Gasteiger charge is 1.90. The minimum Gasteiger partial charge on any atom is -0.185 e. The van der Waals surface area contributed by atoms with E-state index in [9.17, 15) is 0 Å². The Morgan fingerprint density at radius 3 is 2.17 bits per heavy atom. The average Bonchev–Trinajstić information content (AvgIpc) is 2.10. The van der Waals surface area contributed by atoms with Gasteiger partial charge in [-0.2, -0.15) is 5.26 Å². The Labute approximate surface area is 80.5 Å². The van der Waals surface area contributed by atoms with E-state index in [0.29, 0.717) is 0 Å². The summed E-state index contributed by atoms with van der Waals surface area (Å²) in [5.41, 5.74) is 0. The molecule has 70 valence electrons. The Kier molecular flexibility index (Phi) is 10.7. The lowest BCUT2D eigenvalue weighted by Gasteiger charge is -1.98. The number of hydrogen-bond donors (Lipinski definition) is 0. The Morgan fingerprint density at radius 2 is 1.58 bits per heavy atom. The first-order valence-electron chi connectivity index (χ1n) is 4.92. The highest BCUT2D eigenvalue weighted by Crippen LogP contribution is 2.09. The number of thiocyanates is 1. The first-order valence-corrected chi connectivity index (χ1v) is 5.91. The van der Waals surface area contributed by atoms with Crippen LogP contribution in [-0.4, -0.2) is 5.75 Å². The molecule has 0 aromatic heterocycles. The largest absolute Gasteiger partial charge is 0.185 e. The summed E-state index contributed by atoms with van der Waals surface area (Å²) in [5.74, 6) is 1.02. The lowest BCUT2D eigenvalue weighted by atomic mass is 10.1. The molecule has 0 rings (SSSR count). The van der Waals surface area contributed by atoms with Crippen LogP contribution in [-0.2, 0) is 0 Å². The van der Waals surface area contributed by atoms with Gasteiger partial charge in [0.25, 0.3) is 0 Å². The third kappa shape index (κ3) is 9.84. The van der Waals surface area contributed by atoms with Crippen molar-refractivity contribution in [2.45, 2.75) is 51.9 Å². The molecule has 1 nitrogen and oxygen atoms in total. The molecule has 2 heteroatoms. The Morgan fingerprint density at radius 1 is 1.00 bits per heavy atom. The van der Waals surface area contributed by atoms with E-state index >= 15 is 0 Å². The Hall–Kier alpha value is -0.160. The van der Waals surface area contributed by atoms with Crippen LogP contribution in [0.15, 0.2) is 0 Å². The normalized spacial score (nSPS) is 9.67. The SMILES string of the molecule is CCCCCCCCCSC#N. The van der Waals surface area contributed by atoms with Gasteiger partial charge in [-0.1, -0.05) is 45.4 Å². The van der Waals surface area contributed by atoms with Gasteiger partial charge in [-0.3, -0.25) is 0 Å². The highest BCUT2D eigenvalue weighted by atomic mass is 32.2. The predicted molar refractivity (Wildman–Crippen MR) is 56.1 cm³/mol. The molecule has 0 heterocycles. The van der Waals surface area contributed by atoms with E-state index in [-0.39, 0.29) is 0 Å². The van der Waals surface area contributed by atoms with Gasteiger partial charge in [-0.25, -0.2) is 0 Å². The van der Waals surface area contributed by atoms with Crippen molar-refractivity contribution in [1.29, 1.82) is 5.26 Å². The van der Waals surface area contributed by atoms with Crippen molar-refractivity contribution in [2.75, 3.05) is 5.75 Å². The van der Waals surface area contributed by atoms with E-state index in [4.69, 9.17) is 5.26 Å². The van der Waals surface area contributed by atoms with E-state index in [1.807, 2.05) is 0 Å². The molecule has 0 aliphatic heterocycles. The summed E-state index contributed by atoms with van der Waals surface area (Å²) in [5, 5.41) is 10.3. The lowest BCUT2D eigenvalue weighted by molar-refractivity contribution is 0.604. The monoisotopic (exact) mass is 185 g/mol. The molecule has 12 heavy (non-hydrogen) atoms. The van der Waals surface area contributed by atoms with Crippen molar-refractivity contribution in [2.24, 2.45) is 0 Å². The standard InChI is InChI=1S/C10H19NS/c1-2-3-4-5-6-7-8-9-12-10-11/h2-9H2,1H3. The number of rotatable bonds is 8. The van der Waals surface area contributed by atoms with Gasteiger partial charge in [0.2, 0.25) is 0 Å². The Balaban J connectivity index is 2.78. The molecule has 0 saturated heterocycles. The molecular weight excluding hydrogens is 166 g/mol. The topological polar surface area (TPSA) is 23.8 Å². The van der Waals surface area contributed by atoms with Crippen LogP contribution in [0.3, 0.4) is 0 Å². The fourth-order valence-corrected chi connectivity index (χ4v) is 1.62. The first-order chi connectivity index (χ1) is 5.91. The second kappa shape index (κ2) is 10.8. The van der Waals surface area contributed by atoms with Crippen molar-refractivity contribution in [3.8, 4) is 5.40 Å². The average molecular weight is 185 g/mol. The number of thioether (sulfide) groups is 1. The first kappa shape index (κ1) is 11.8. The molecule has 0 saturated carbocycles. The van der Waals surface area contributed by atoms with Gasteiger partial charge in [-0.15, -0.1) is 0 Å². The van der Waals surface area contributed by atoms with Crippen LogP contribution in [0, 0.1) is 10.7 Å². The number of hydrogen-bond acceptors (Lipinski definition) is 2. The van der Waals surface area contributed by atoms with Gasteiger partial charge >= 0.3 is 0 Å². The summed E-state index contributed by atoms with van der Waals surface area (Å²) in [6, 6.07) is 0. The van der Waals surface area contributed by atoms with Gasteiger partial charge in [0.05, 0.1) is 0 Å². The van der Waals surface area contributed by atoms with E-state index < -0.39 is 0 Å². The smallest absolute Gasteiger partial charge is 0.133 e. The quantitative estimate of drug-likeness (QED) is 0.422. The maximum atomic E-state index is 8.25. The number of nitrogens with zero attached hydrogens (tertiary/aromatic N) is 1. The van der Waals surface area contributed by atoms with Crippen molar-refractivity contribution in [1.82, 2.24) is 0 Å². The van der Waals surface area contributed by atoms with E-state index in [1.54, 1.807) is 0 Å².